The average molecular weight is 185 g/mol. The van der Waals surface area contributed by atoms with Gasteiger partial charge in [-0.15, -0.1) is 0 Å². The van der Waals surface area contributed by atoms with Crippen LogP contribution >= 0.6 is 0 Å². The van der Waals surface area contributed by atoms with Crippen LogP contribution in [0, 0.1) is 0 Å². The van der Waals surface area contributed by atoms with E-state index in [0.717, 1.165) is 13.1 Å². The Kier molecular flexibility index (Phi) is 4.70. The first-order valence-electron chi connectivity index (χ1n) is 4.45. The van der Waals surface area contributed by atoms with Crippen molar-refractivity contribution in [3.63, 3.8) is 0 Å². The molecule has 0 bridgehead atoms. The summed E-state index contributed by atoms with van der Waals surface area (Å²) in [5.74, 6) is -0.366. The minimum absolute atomic E-state index is 0.366. The summed E-state index contributed by atoms with van der Waals surface area (Å²) in [4.78, 5) is 13.0. The van der Waals surface area contributed by atoms with Crippen molar-refractivity contribution < 1.29 is 9.53 Å². The molecule has 0 aliphatic rings. The van der Waals surface area contributed by atoms with Crippen LogP contribution in [0.1, 0.15) is 20.8 Å². The Balaban J connectivity index is 4.06. The first-order chi connectivity index (χ1) is 5.91. The Hall–Kier alpha value is -0.830. The fourth-order valence-corrected chi connectivity index (χ4v) is 1.11. The van der Waals surface area contributed by atoms with E-state index in [0.29, 0.717) is 0 Å². The molecule has 0 N–H and O–H groups in total. The first-order valence-corrected chi connectivity index (χ1v) is 4.45. The fraction of sp³-hybridized carbons (Fsp3) is 0.700. The van der Waals surface area contributed by atoms with Gasteiger partial charge in [0.2, 0.25) is 0 Å². The van der Waals surface area contributed by atoms with Crippen LogP contribution in [0.2, 0.25) is 0 Å². The second-order valence-electron chi connectivity index (χ2n) is 3.72. The summed E-state index contributed by atoms with van der Waals surface area (Å²) in [6.07, 6.45) is 1.19. The molecule has 3 nitrogen and oxygen atoms in total. The number of rotatable bonds is 5. The van der Waals surface area contributed by atoms with Gasteiger partial charge in [0, 0.05) is 12.6 Å². The van der Waals surface area contributed by atoms with Crippen molar-refractivity contribution in [1.29, 1.82) is 0 Å². The molecule has 0 aliphatic heterocycles. The van der Waals surface area contributed by atoms with Crippen molar-refractivity contribution in [2.45, 2.75) is 26.4 Å². The van der Waals surface area contributed by atoms with Gasteiger partial charge in [0.25, 0.3) is 0 Å². The molecule has 13 heavy (non-hydrogen) atoms. The number of carbonyl (C=O) groups is 1. The Labute approximate surface area is 80.4 Å². The normalized spacial score (nSPS) is 11.5. The van der Waals surface area contributed by atoms with Gasteiger partial charge in [-0.3, -0.25) is 0 Å². The predicted molar refractivity (Wildman–Crippen MR) is 53.5 cm³/mol. The molecule has 0 heterocycles. The molecule has 0 aromatic carbocycles. The minimum atomic E-state index is -0.448. The highest BCUT2D eigenvalue weighted by atomic mass is 16.6. The molecule has 0 spiro atoms. The number of likely N-dealkylation sites (N-methyl/N-ethyl adjacent to an activating group) is 1. The molecular weight excluding hydrogens is 166 g/mol. The van der Waals surface area contributed by atoms with Crippen LogP contribution in [-0.2, 0) is 9.53 Å². The fourth-order valence-electron chi connectivity index (χ4n) is 1.11. The zero-order valence-electron chi connectivity index (χ0n) is 8.96. The Morgan fingerprint density at radius 2 is 2.15 bits per heavy atom. The van der Waals surface area contributed by atoms with Crippen molar-refractivity contribution in [2.75, 3.05) is 20.1 Å². The Morgan fingerprint density at radius 3 is 2.54 bits per heavy atom. The maximum absolute atomic E-state index is 10.9. The number of nitrogens with zero attached hydrogens (tertiary/aromatic N) is 1. The second-order valence-corrected chi connectivity index (χ2v) is 3.72. The third kappa shape index (κ3) is 5.42. The number of carbonyl (C=O) groups excluding carboxylic acids is 1. The minimum Gasteiger partial charge on any atom is -0.455 e. The van der Waals surface area contributed by atoms with Gasteiger partial charge < -0.3 is 9.64 Å². The molecular formula is C10H19NO2. The van der Waals surface area contributed by atoms with Crippen LogP contribution in [0.5, 0.6) is 0 Å². The molecule has 0 rings (SSSR count). The van der Waals surface area contributed by atoms with Gasteiger partial charge in [-0.2, -0.15) is 0 Å². The Morgan fingerprint density at radius 1 is 1.62 bits per heavy atom. The smallest absolute Gasteiger partial charge is 0.330 e. The number of esters is 1. The highest BCUT2D eigenvalue weighted by Gasteiger charge is 2.22. The summed E-state index contributed by atoms with van der Waals surface area (Å²) in [5.41, 5.74) is -0.448. The SMILES string of the molecule is C=CC(=O)OC(C)(C)CN(C)CC. The van der Waals surface area contributed by atoms with Crippen molar-refractivity contribution in [1.82, 2.24) is 4.90 Å². The molecule has 0 atom stereocenters. The van der Waals surface area contributed by atoms with Gasteiger partial charge in [-0.25, -0.2) is 4.79 Å². The molecule has 0 aromatic rings. The molecule has 0 aromatic heterocycles. The van der Waals surface area contributed by atoms with E-state index in [1.54, 1.807) is 0 Å². The average Bonchev–Trinajstić information content (AvgIpc) is 2.02. The molecule has 0 unspecified atom stereocenters. The van der Waals surface area contributed by atoms with Crippen LogP contribution in [-0.4, -0.2) is 36.6 Å². The van der Waals surface area contributed by atoms with Crippen molar-refractivity contribution in [2.24, 2.45) is 0 Å². The van der Waals surface area contributed by atoms with Crippen LogP contribution < -0.4 is 0 Å². The number of hydrogen-bond donors (Lipinski definition) is 0. The molecule has 0 aliphatic carbocycles. The van der Waals surface area contributed by atoms with E-state index in [1.165, 1.54) is 6.08 Å². The van der Waals surface area contributed by atoms with Crippen LogP contribution in [0.15, 0.2) is 12.7 Å². The monoisotopic (exact) mass is 185 g/mol. The van der Waals surface area contributed by atoms with Gasteiger partial charge in [0.15, 0.2) is 0 Å². The maximum atomic E-state index is 10.9. The number of hydrogen-bond acceptors (Lipinski definition) is 3. The van der Waals surface area contributed by atoms with E-state index < -0.39 is 5.60 Å². The van der Waals surface area contributed by atoms with Crippen LogP contribution in [0.3, 0.4) is 0 Å². The van der Waals surface area contributed by atoms with Crippen LogP contribution in [0.4, 0.5) is 0 Å². The molecule has 3 heteroatoms. The molecule has 0 saturated carbocycles. The summed E-state index contributed by atoms with van der Waals surface area (Å²) in [6.45, 7) is 10.9. The standard InChI is InChI=1S/C10H19NO2/c1-6-9(12)13-10(3,4)8-11(5)7-2/h6H,1,7-8H2,2-5H3. The van der Waals surface area contributed by atoms with E-state index in [4.69, 9.17) is 4.74 Å². The van der Waals surface area contributed by atoms with Crippen molar-refractivity contribution in [3.8, 4) is 0 Å². The summed E-state index contributed by atoms with van der Waals surface area (Å²) < 4.78 is 5.16. The molecule has 0 radical (unpaired) electrons. The molecule has 0 fully saturated rings. The largest absolute Gasteiger partial charge is 0.455 e. The molecule has 0 saturated heterocycles. The van der Waals surface area contributed by atoms with Gasteiger partial charge in [-0.1, -0.05) is 13.5 Å². The summed E-state index contributed by atoms with van der Waals surface area (Å²) in [7, 11) is 1.99. The molecule has 76 valence electrons. The predicted octanol–water partition coefficient (Wildman–Crippen LogP) is 1.45. The van der Waals surface area contributed by atoms with Gasteiger partial charge in [-0.05, 0) is 27.4 Å². The van der Waals surface area contributed by atoms with Gasteiger partial charge in [0.1, 0.15) is 5.60 Å². The maximum Gasteiger partial charge on any atom is 0.330 e. The highest BCUT2D eigenvalue weighted by Crippen LogP contribution is 2.10. The summed E-state index contributed by atoms with van der Waals surface area (Å²) in [6, 6.07) is 0. The summed E-state index contributed by atoms with van der Waals surface area (Å²) in [5, 5.41) is 0. The third-order valence-corrected chi connectivity index (χ3v) is 1.73. The quantitative estimate of drug-likeness (QED) is 0.479. The third-order valence-electron chi connectivity index (χ3n) is 1.73. The first kappa shape index (κ1) is 12.2. The zero-order chi connectivity index (χ0) is 10.5. The lowest BCUT2D eigenvalue weighted by Crippen LogP contribution is -2.39. The van der Waals surface area contributed by atoms with E-state index in [2.05, 4.69) is 18.4 Å². The van der Waals surface area contributed by atoms with Gasteiger partial charge >= 0.3 is 5.97 Å². The van der Waals surface area contributed by atoms with E-state index in [1.807, 2.05) is 20.9 Å². The van der Waals surface area contributed by atoms with Crippen LogP contribution in [0.25, 0.3) is 0 Å². The van der Waals surface area contributed by atoms with Crippen molar-refractivity contribution in [3.05, 3.63) is 12.7 Å². The van der Waals surface area contributed by atoms with Crippen molar-refractivity contribution >= 4 is 5.97 Å². The molecule has 0 amide bonds. The lowest BCUT2D eigenvalue weighted by atomic mass is 10.1. The highest BCUT2D eigenvalue weighted by molar-refractivity contribution is 5.81. The lowest BCUT2D eigenvalue weighted by Gasteiger charge is -2.29. The summed E-state index contributed by atoms with van der Waals surface area (Å²) >= 11 is 0. The van der Waals surface area contributed by atoms with E-state index in [-0.39, 0.29) is 5.97 Å². The van der Waals surface area contributed by atoms with E-state index in [9.17, 15) is 4.79 Å². The number of ether oxygens (including phenoxy) is 1. The van der Waals surface area contributed by atoms with E-state index >= 15 is 0 Å². The topological polar surface area (TPSA) is 29.5 Å². The lowest BCUT2D eigenvalue weighted by molar-refractivity contribution is -0.151. The van der Waals surface area contributed by atoms with Gasteiger partial charge in [0.05, 0.1) is 0 Å². The second kappa shape index (κ2) is 5.02. The zero-order valence-corrected chi connectivity index (χ0v) is 8.96. The Bertz CT molecular complexity index is 187.